The Balaban J connectivity index is 2.33. The largest absolute Gasteiger partial charge is 0.439 e. The van der Waals surface area contributed by atoms with Gasteiger partial charge in [-0.05, 0) is 38.1 Å². The summed E-state index contributed by atoms with van der Waals surface area (Å²) < 4.78 is 24.5. The molecule has 1 N–H and O–H groups in total. The van der Waals surface area contributed by atoms with Crippen molar-refractivity contribution in [2.24, 2.45) is 5.16 Å². The highest BCUT2D eigenvalue weighted by atomic mass is 31.2. The van der Waals surface area contributed by atoms with Crippen LogP contribution >= 0.6 is 7.60 Å². The molecule has 0 heterocycles. The van der Waals surface area contributed by atoms with Gasteiger partial charge in [0.1, 0.15) is 17.2 Å². The van der Waals surface area contributed by atoms with E-state index in [1.807, 2.05) is 12.1 Å². The van der Waals surface area contributed by atoms with E-state index in [9.17, 15) is 4.57 Å². The minimum atomic E-state index is -3.62. The molecule has 2 aromatic rings. The maximum Gasteiger partial charge on any atom is 0.439 e. The second kappa shape index (κ2) is 7.14. The Bertz CT molecular complexity index is 628. The first-order valence-corrected chi connectivity index (χ1v) is 8.44. The van der Waals surface area contributed by atoms with Crippen LogP contribution in [0.2, 0.25) is 0 Å². The van der Waals surface area contributed by atoms with E-state index in [1.54, 1.807) is 62.4 Å². The highest BCUT2D eigenvalue weighted by Crippen LogP contribution is 2.53. The fourth-order valence-electron chi connectivity index (χ4n) is 1.75. The van der Waals surface area contributed by atoms with E-state index in [0.717, 1.165) is 0 Å². The molecule has 0 radical (unpaired) electrons. The van der Waals surface area contributed by atoms with Crippen molar-refractivity contribution >= 4 is 13.3 Å². The molecule has 22 heavy (non-hydrogen) atoms. The Kier molecular flexibility index (Phi) is 5.23. The van der Waals surface area contributed by atoms with E-state index in [2.05, 4.69) is 5.16 Å². The second-order valence-corrected chi connectivity index (χ2v) is 6.99. The third-order valence-electron chi connectivity index (χ3n) is 3.19. The summed E-state index contributed by atoms with van der Waals surface area (Å²) in [5.41, 5.74) is -0.423. The molecule has 5 nitrogen and oxygen atoms in total. The Labute approximate surface area is 129 Å². The van der Waals surface area contributed by atoms with Crippen LogP contribution in [0.4, 0.5) is 0 Å². The number of nitrogens with zero attached hydrogens (tertiary/aromatic N) is 1. The van der Waals surface area contributed by atoms with Crippen molar-refractivity contribution in [3.8, 4) is 11.5 Å². The van der Waals surface area contributed by atoms with Crippen molar-refractivity contribution in [3.63, 3.8) is 0 Å². The van der Waals surface area contributed by atoms with Crippen molar-refractivity contribution in [1.82, 2.24) is 0 Å². The molecule has 1 atom stereocenters. The SMILES string of the molecule is CC(=NO)C(C)P(=O)(Oc1ccccc1)Oc1ccccc1. The van der Waals surface area contributed by atoms with Crippen molar-refractivity contribution < 1.29 is 18.8 Å². The maximum absolute atomic E-state index is 13.2. The van der Waals surface area contributed by atoms with Crippen molar-refractivity contribution in [2.75, 3.05) is 0 Å². The molecular formula is C16H18NO4P. The lowest BCUT2D eigenvalue weighted by Crippen LogP contribution is -2.21. The highest BCUT2D eigenvalue weighted by Gasteiger charge is 2.38. The first-order chi connectivity index (χ1) is 10.5. The van der Waals surface area contributed by atoms with E-state index in [-0.39, 0.29) is 5.71 Å². The molecule has 0 saturated carbocycles. The minimum Gasteiger partial charge on any atom is -0.416 e. The monoisotopic (exact) mass is 319 g/mol. The lowest BCUT2D eigenvalue weighted by atomic mass is 10.3. The zero-order valence-electron chi connectivity index (χ0n) is 12.4. The zero-order valence-corrected chi connectivity index (χ0v) is 13.3. The molecule has 0 fully saturated rings. The topological polar surface area (TPSA) is 68.1 Å². The maximum atomic E-state index is 13.2. The normalized spacial score (nSPS) is 13.5. The van der Waals surface area contributed by atoms with Gasteiger partial charge >= 0.3 is 7.60 Å². The number of oxime groups is 1. The van der Waals surface area contributed by atoms with Gasteiger partial charge in [0.25, 0.3) is 0 Å². The van der Waals surface area contributed by atoms with Crippen molar-refractivity contribution in [1.29, 1.82) is 0 Å². The molecule has 0 aliphatic rings. The number of rotatable bonds is 6. The van der Waals surface area contributed by atoms with Gasteiger partial charge < -0.3 is 14.3 Å². The van der Waals surface area contributed by atoms with Gasteiger partial charge in [0.2, 0.25) is 0 Å². The van der Waals surface area contributed by atoms with Crippen LogP contribution < -0.4 is 9.05 Å². The molecule has 6 heteroatoms. The van der Waals surface area contributed by atoms with Gasteiger partial charge in [-0.1, -0.05) is 41.6 Å². The molecule has 0 aliphatic carbocycles. The molecule has 0 aliphatic heterocycles. The van der Waals surface area contributed by atoms with Gasteiger partial charge in [-0.3, -0.25) is 0 Å². The van der Waals surface area contributed by atoms with Crippen LogP contribution in [0, 0.1) is 0 Å². The summed E-state index contributed by atoms with van der Waals surface area (Å²) in [7, 11) is -3.62. The van der Waals surface area contributed by atoms with Crippen LogP contribution in [0.1, 0.15) is 13.8 Å². The van der Waals surface area contributed by atoms with Crippen molar-refractivity contribution in [2.45, 2.75) is 19.5 Å². The Hall–Kier alpha value is -2.26. The van der Waals surface area contributed by atoms with Crippen LogP contribution in [0.15, 0.2) is 65.8 Å². The van der Waals surface area contributed by atoms with Crippen LogP contribution in [-0.2, 0) is 4.57 Å². The Morgan fingerprint density at radius 3 is 1.77 bits per heavy atom. The summed E-state index contributed by atoms with van der Waals surface area (Å²) in [6, 6.07) is 17.6. The molecule has 116 valence electrons. The lowest BCUT2D eigenvalue weighted by molar-refractivity contribution is 0.316. The summed E-state index contributed by atoms with van der Waals surface area (Å²) >= 11 is 0. The average Bonchev–Trinajstić information content (AvgIpc) is 2.55. The summed E-state index contributed by atoms with van der Waals surface area (Å²) in [6.07, 6.45) is 0. The van der Waals surface area contributed by atoms with Crippen LogP contribution in [0.3, 0.4) is 0 Å². The number of hydrogen-bond acceptors (Lipinski definition) is 5. The zero-order chi connectivity index (χ0) is 16.0. The third-order valence-corrected chi connectivity index (χ3v) is 5.44. The van der Waals surface area contributed by atoms with Gasteiger partial charge in [-0.25, -0.2) is 4.57 Å². The quantitative estimate of drug-likeness (QED) is 0.366. The van der Waals surface area contributed by atoms with Crippen LogP contribution in [-0.4, -0.2) is 16.6 Å². The fourth-order valence-corrected chi connectivity index (χ4v) is 3.44. The van der Waals surface area contributed by atoms with Crippen LogP contribution in [0.5, 0.6) is 11.5 Å². The molecule has 2 rings (SSSR count). The molecule has 2 aromatic carbocycles. The highest BCUT2D eigenvalue weighted by molar-refractivity contribution is 7.56. The predicted molar refractivity (Wildman–Crippen MR) is 86.1 cm³/mol. The first-order valence-electron chi connectivity index (χ1n) is 6.83. The number of hydrogen-bond donors (Lipinski definition) is 1. The molecular weight excluding hydrogens is 301 g/mol. The lowest BCUT2D eigenvalue weighted by Gasteiger charge is -2.24. The molecule has 0 amide bonds. The molecule has 0 bridgehead atoms. The summed E-state index contributed by atoms with van der Waals surface area (Å²) in [6.45, 7) is 3.21. The van der Waals surface area contributed by atoms with Gasteiger partial charge in [0.05, 0.1) is 5.71 Å². The van der Waals surface area contributed by atoms with Gasteiger partial charge in [0.15, 0.2) is 0 Å². The van der Waals surface area contributed by atoms with Gasteiger partial charge in [-0.2, -0.15) is 0 Å². The van der Waals surface area contributed by atoms with E-state index in [1.165, 1.54) is 0 Å². The smallest absolute Gasteiger partial charge is 0.416 e. The molecule has 0 aromatic heterocycles. The molecule has 0 spiro atoms. The van der Waals surface area contributed by atoms with E-state index in [0.29, 0.717) is 11.5 Å². The minimum absolute atomic E-state index is 0.273. The van der Waals surface area contributed by atoms with Crippen molar-refractivity contribution in [3.05, 3.63) is 60.7 Å². The Morgan fingerprint density at radius 2 is 1.41 bits per heavy atom. The summed E-state index contributed by atoms with van der Waals surface area (Å²) in [4.78, 5) is 0. The molecule has 1 unspecified atom stereocenters. The summed E-state index contributed by atoms with van der Waals surface area (Å²) in [5.74, 6) is 0.860. The van der Waals surface area contributed by atoms with Gasteiger partial charge in [0, 0.05) is 0 Å². The molecule has 0 saturated heterocycles. The average molecular weight is 319 g/mol. The second-order valence-electron chi connectivity index (χ2n) is 4.77. The predicted octanol–water partition coefficient (Wildman–Crippen LogP) is 4.58. The van der Waals surface area contributed by atoms with E-state index >= 15 is 0 Å². The fraction of sp³-hybridized carbons (Fsp3) is 0.188. The van der Waals surface area contributed by atoms with E-state index < -0.39 is 13.3 Å². The third kappa shape index (κ3) is 3.89. The number of benzene rings is 2. The van der Waals surface area contributed by atoms with Crippen LogP contribution in [0.25, 0.3) is 0 Å². The van der Waals surface area contributed by atoms with Gasteiger partial charge in [-0.15, -0.1) is 0 Å². The standard InChI is InChI=1S/C16H18NO4P/c1-13(17-18)14(2)22(19,20-15-9-5-3-6-10-15)21-16-11-7-4-8-12-16/h3-12,14,18H,1-2H3. The number of para-hydroxylation sites is 2. The Morgan fingerprint density at radius 1 is 1.00 bits per heavy atom. The van der Waals surface area contributed by atoms with E-state index in [4.69, 9.17) is 14.3 Å². The first kappa shape index (κ1) is 16.1. The summed E-state index contributed by atoms with van der Waals surface area (Å²) in [5, 5.41) is 12.1.